The first-order valence-electron chi connectivity index (χ1n) is 10.1. The van der Waals surface area contributed by atoms with Gasteiger partial charge in [-0.25, -0.2) is 0 Å². The summed E-state index contributed by atoms with van der Waals surface area (Å²) >= 11 is 0. The summed E-state index contributed by atoms with van der Waals surface area (Å²) in [5, 5.41) is 9.66. The van der Waals surface area contributed by atoms with E-state index in [-0.39, 0.29) is 12.2 Å². The Morgan fingerprint density at radius 1 is 1.07 bits per heavy atom. The third-order valence-corrected chi connectivity index (χ3v) is 5.70. The molecule has 0 spiro atoms. The molecule has 6 heteroatoms. The number of fused-ring (bicyclic) bond motifs is 1. The molecule has 0 N–H and O–H groups in total. The summed E-state index contributed by atoms with van der Waals surface area (Å²) in [5.74, 6) is 0. The van der Waals surface area contributed by atoms with Crippen LogP contribution in [0.5, 0.6) is 0 Å². The van der Waals surface area contributed by atoms with Gasteiger partial charge < -0.3 is 9.32 Å². The molecule has 0 bridgehead atoms. The molecule has 6 nitrogen and oxygen atoms in total. The highest BCUT2D eigenvalue weighted by molar-refractivity contribution is 5.90. The predicted molar refractivity (Wildman–Crippen MR) is 118 cm³/mol. The lowest BCUT2D eigenvalue weighted by molar-refractivity contribution is 0.252. The highest BCUT2D eigenvalue weighted by atomic mass is 16.3. The van der Waals surface area contributed by atoms with Gasteiger partial charge in [0.2, 0.25) is 0 Å². The molecule has 4 aromatic rings. The van der Waals surface area contributed by atoms with E-state index in [1.165, 1.54) is 5.56 Å². The maximum atomic E-state index is 5.63. The van der Waals surface area contributed by atoms with Gasteiger partial charge in [-0.1, -0.05) is 12.1 Å². The van der Waals surface area contributed by atoms with Crippen LogP contribution in [0, 0.1) is 6.92 Å². The molecule has 0 radical (unpaired) electrons. The van der Waals surface area contributed by atoms with Crippen molar-refractivity contribution in [1.29, 1.82) is 0 Å². The number of aromatic nitrogens is 3. The zero-order valence-electron chi connectivity index (χ0n) is 17.2. The molecular formula is C24H23N5O. The number of benzene rings is 2. The SMILES string of the molecule is Cc1coc2ccc(C3=CC=NC(C)N3[C@@H](C)c3cccc(-n4nccn4)c3)cc12. The Kier molecular flexibility index (Phi) is 4.47. The summed E-state index contributed by atoms with van der Waals surface area (Å²) in [6.07, 6.45) is 9.20. The first kappa shape index (κ1) is 18.4. The van der Waals surface area contributed by atoms with Crippen molar-refractivity contribution >= 4 is 22.9 Å². The third-order valence-electron chi connectivity index (χ3n) is 5.70. The van der Waals surface area contributed by atoms with Crippen LogP contribution < -0.4 is 0 Å². The second-order valence-corrected chi connectivity index (χ2v) is 7.61. The minimum Gasteiger partial charge on any atom is -0.464 e. The van der Waals surface area contributed by atoms with E-state index in [0.29, 0.717) is 0 Å². The second kappa shape index (κ2) is 7.30. The fourth-order valence-corrected chi connectivity index (χ4v) is 4.11. The van der Waals surface area contributed by atoms with Gasteiger partial charge in [0.1, 0.15) is 11.7 Å². The van der Waals surface area contributed by atoms with E-state index in [1.807, 2.05) is 30.7 Å². The molecule has 2 aromatic carbocycles. The Balaban J connectivity index is 1.54. The molecule has 150 valence electrons. The number of furan rings is 1. The van der Waals surface area contributed by atoms with Gasteiger partial charge in [-0.3, -0.25) is 4.99 Å². The molecular weight excluding hydrogens is 374 g/mol. The lowest BCUT2D eigenvalue weighted by Gasteiger charge is -2.38. The summed E-state index contributed by atoms with van der Waals surface area (Å²) < 4.78 is 5.63. The smallest absolute Gasteiger partial charge is 0.134 e. The number of rotatable bonds is 4. The van der Waals surface area contributed by atoms with Gasteiger partial charge in [0.05, 0.1) is 30.4 Å². The first-order chi connectivity index (χ1) is 14.6. The molecule has 2 atom stereocenters. The molecule has 0 fully saturated rings. The van der Waals surface area contributed by atoms with E-state index >= 15 is 0 Å². The van der Waals surface area contributed by atoms with E-state index < -0.39 is 0 Å². The third kappa shape index (κ3) is 3.10. The maximum absolute atomic E-state index is 5.63. The van der Waals surface area contributed by atoms with Gasteiger partial charge in [-0.05, 0) is 73.9 Å². The quantitative estimate of drug-likeness (QED) is 0.477. The van der Waals surface area contributed by atoms with Gasteiger partial charge in [0, 0.05) is 17.3 Å². The number of nitrogens with zero attached hydrogens (tertiary/aromatic N) is 5. The monoisotopic (exact) mass is 397 g/mol. The molecule has 30 heavy (non-hydrogen) atoms. The fraction of sp³-hybridized carbons (Fsp3) is 0.208. The molecule has 0 saturated heterocycles. The Morgan fingerprint density at radius 3 is 2.73 bits per heavy atom. The van der Waals surface area contributed by atoms with Crippen LogP contribution in [0.25, 0.3) is 22.4 Å². The van der Waals surface area contributed by atoms with Crippen molar-refractivity contribution in [2.75, 3.05) is 0 Å². The van der Waals surface area contributed by atoms with E-state index in [9.17, 15) is 0 Å². The molecule has 1 aliphatic heterocycles. The van der Waals surface area contributed by atoms with Crippen molar-refractivity contribution in [3.8, 4) is 5.69 Å². The van der Waals surface area contributed by atoms with E-state index in [0.717, 1.165) is 33.5 Å². The minimum atomic E-state index is 0.0210. The summed E-state index contributed by atoms with van der Waals surface area (Å²) in [5.41, 5.74) is 6.48. The minimum absolute atomic E-state index is 0.0210. The predicted octanol–water partition coefficient (Wildman–Crippen LogP) is 5.16. The van der Waals surface area contributed by atoms with Gasteiger partial charge in [-0.15, -0.1) is 0 Å². The molecule has 0 saturated carbocycles. The van der Waals surface area contributed by atoms with Crippen molar-refractivity contribution in [3.63, 3.8) is 0 Å². The normalized spacial score (nSPS) is 17.4. The number of aryl methyl sites for hydroxylation is 1. The topological polar surface area (TPSA) is 59.5 Å². The molecule has 0 amide bonds. The van der Waals surface area contributed by atoms with Crippen LogP contribution in [0.4, 0.5) is 0 Å². The van der Waals surface area contributed by atoms with Crippen molar-refractivity contribution in [1.82, 2.24) is 19.9 Å². The maximum Gasteiger partial charge on any atom is 0.134 e. The first-order valence-corrected chi connectivity index (χ1v) is 10.1. The van der Waals surface area contributed by atoms with Crippen molar-refractivity contribution in [2.24, 2.45) is 4.99 Å². The zero-order valence-corrected chi connectivity index (χ0v) is 17.2. The Bertz CT molecular complexity index is 1250. The van der Waals surface area contributed by atoms with Gasteiger partial charge in [-0.2, -0.15) is 15.0 Å². The van der Waals surface area contributed by atoms with E-state index in [4.69, 9.17) is 4.42 Å². The Labute approximate surface area is 175 Å². The lowest BCUT2D eigenvalue weighted by Crippen LogP contribution is -2.35. The van der Waals surface area contributed by atoms with Crippen molar-refractivity contribution < 1.29 is 4.42 Å². The van der Waals surface area contributed by atoms with Crippen LogP contribution in [0.1, 0.15) is 36.6 Å². The Morgan fingerprint density at radius 2 is 1.90 bits per heavy atom. The zero-order chi connectivity index (χ0) is 20.7. The molecule has 5 rings (SSSR count). The van der Waals surface area contributed by atoms with Crippen LogP contribution in [0.3, 0.4) is 0 Å². The lowest BCUT2D eigenvalue weighted by atomic mass is 10.0. The molecule has 1 unspecified atom stereocenters. The van der Waals surface area contributed by atoms with Crippen LogP contribution in [0.2, 0.25) is 0 Å². The molecule has 2 aromatic heterocycles. The standard InChI is InChI=1S/C24H23N5O/c1-16-15-30-24-8-7-20(14-22(16)24)23-9-10-25-18(3)28(23)17(2)19-5-4-6-21(13-19)29-26-11-12-27-29/h4-15,17-18H,1-3H3/t17-,18?/m0/s1. The molecule has 0 aliphatic carbocycles. The summed E-state index contributed by atoms with van der Waals surface area (Å²) in [7, 11) is 0. The highest BCUT2D eigenvalue weighted by Gasteiger charge is 2.26. The van der Waals surface area contributed by atoms with E-state index in [2.05, 4.69) is 71.2 Å². The van der Waals surface area contributed by atoms with Crippen molar-refractivity contribution in [2.45, 2.75) is 33.0 Å². The highest BCUT2D eigenvalue weighted by Crippen LogP contribution is 2.36. The fourth-order valence-electron chi connectivity index (χ4n) is 4.11. The molecule has 3 heterocycles. The van der Waals surface area contributed by atoms with Gasteiger partial charge >= 0.3 is 0 Å². The second-order valence-electron chi connectivity index (χ2n) is 7.61. The largest absolute Gasteiger partial charge is 0.464 e. The van der Waals surface area contributed by atoms with Crippen LogP contribution in [-0.2, 0) is 0 Å². The number of hydrogen-bond donors (Lipinski definition) is 0. The van der Waals surface area contributed by atoms with Crippen LogP contribution in [-0.4, -0.2) is 32.3 Å². The summed E-state index contributed by atoms with van der Waals surface area (Å²) in [4.78, 5) is 8.64. The average molecular weight is 397 g/mol. The van der Waals surface area contributed by atoms with E-state index in [1.54, 1.807) is 17.2 Å². The molecule has 1 aliphatic rings. The average Bonchev–Trinajstić information content (AvgIpc) is 3.43. The Hall–Kier alpha value is -3.67. The van der Waals surface area contributed by atoms with Crippen LogP contribution in [0.15, 0.2) is 76.6 Å². The van der Waals surface area contributed by atoms with Gasteiger partial charge in [0.15, 0.2) is 0 Å². The summed E-state index contributed by atoms with van der Waals surface area (Å²) in [6, 6.07) is 14.8. The van der Waals surface area contributed by atoms with Crippen LogP contribution >= 0.6 is 0 Å². The number of aliphatic imine (C=N–C) groups is 1. The summed E-state index contributed by atoms with van der Waals surface area (Å²) in [6.45, 7) is 6.41. The number of hydrogen-bond acceptors (Lipinski definition) is 5. The number of allylic oxidation sites excluding steroid dienone is 1. The van der Waals surface area contributed by atoms with Gasteiger partial charge in [0.25, 0.3) is 0 Å². The van der Waals surface area contributed by atoms with Crippen molar-refractivity contribution in [3.05, 3.63) is 83.9 Å².